The lowest BCUT2D eigenvalue weighted by Gasteiger charge is -2.36. The number of rotatable bonds is 7. The van der Waals surface area contributed by atoms with Crippen LogP contribution in [-0.2, 0) is 14.8 Å². The van der Waals surface area contributed by atoms with Crippen LogP contribution in [0.2, 0.25) is 0 Å². The molecule has 3 N–H and O–H groups in total. The number of nitro benzene ring substituents is 1. The van der Waals surface area contributed by atoms with E-state index in [0.717, 1.165) is 6.07 Å². The minimum atomic E-state index is -4.11. The lowest BCUT2D eigenvalue weighted by Crippen LogP contribution is -2.49. The van der Waals surface area contributed by atoms with E-state index in [0.29, 0.717) is 38.4 Å². The molecule has 1 aliphatic rings. The Kier molecular flexibility index (Phi) is 6.29. The van der Waals surface area contributed by atoms with E-state index in [1.807, 2.05) is 4.90 Å². The summed E-state index contributed by atoms with van der Waals surface area (Å²) in [6, 6.07) is 3.61. The van der Waals surface area contributed by atoms with E-state index < -0.39 is 14.9 Å². The van der Waals surface area contributed by atoms with Gasteiger partial charge in [0, 0.05) is 44.9 Å². The second-order valence-corrected chi connectivity index (χ2v) is 7.34. The summed E-state index contributed by atoms with van der Waals surface area (Å²) in [6.07, 6.45) is 1.60. The molecule has 0 bridgehead atoms. The van der Waals surface area contributed by atoms with Crippen LogP contribution >= 0.6 is 0 Å². The number of piperazine rings is 1. The van der Waals surface area contributed by atoms with Gasteiger partial charge >= 0.3 is 0 Å². The highest BCUT2D eigenvalue weighted by Crippen LogP contribution is 2.29. The van der Waals surface area contributed by atoms with Crippen molar-refractivity contribution in [1.82, 2.24) is 10.2 Å². The van der Waals surface area contributed by atoms with Crippen molar-refractivity contribution < 1.29 is 18.1 Å². The first-order valence-electron chi connectivity index (χ1n) is 7.88. The number of anilines is 1. The Morgan fingerprint density at radius 2 is 2.00 bits per heavy atom. The molecule has 10 nitrogen and oxygen atoms in total. The Morgan fingerprint density at radius 1 is 1.35 bits per heavy atom. The highest BCUT2D eigenvalue weighted by Gasteiger charge is 2.25. The summed E-state index contributed by atoms with van der Waals surface area (Å²) in [5.41, 5.74) is -0.0100. The van der Waals surface area contributed by atoms with Crippen molar-refractivity contribution in [3.8, 4) is 0 Å². The average Bonchev–Trinajstić information content (AvgIpc) is 2.59. The third-order valence-electron chi connectivity index (χ3n) is 3.98. The van der Waals surface area contributed by atoms with Crippen molar-refractivity contribution in [1.29, 1.82) is 0 Å². The van der Waals surface area contributed by atoms with Crippen molar-refractivity contribution in [3.63, 3.8) is 0 Å². The predicted octanol–water partition coefficient (Wildman–Crippen LogP) is -0.334. The van der Waals surface area contributed by atoms with Gasteiger partial charge in [0.25, 0.3) is 5.69 Å². The molecule has 11 heteroatoms. The Labute approximate surface area is 151 Å². The van der Waals surface area contributed by atoms with Crippen LogP contribution in [0, 0.1) is 10.1 Å². The van der Waals surface area contributed by atoms with E-state index in [2.05, 4.69) is 11.9 Å². The van der Waals surface area contributed by atoms with Crippen molar-refractivity contribution >= 4 is 27.3 Å². The number of amides is 1. The van der Waals surface area contributed by atoms with Gasteiger partial charge in [0.1, 0.15) is 4.90 Å². The molecule has 26 heavy (non-hydrogen) atoms. The van der Waals surface area contributed by atoms with Crippen LogP contribution in [0.1, 0.15) is 0 Å². The normalized spacial score (nSPS) is 15.5. The van der Waals surface area contributed by atoms with Gasteiger partial charge in [-0.15, -0.1) is 6.58 Å². The number of benzene rings is 1. The molecule has 0 unspecified atom stereocenters. The number of primary sulfonamides is 1. The molecule has 142 valence electrons. The molecule has 1 aromatic rings. The SMILES string of the molecule is C=CCNC(=O)CN1CCN(c2ccc([N+](=O)[O-])cc2S(N)(=O)=O)CC1. The molecule has 1 fully saturated rings. The number of non-ortho nitro benzene ring substituents is 1. The number of nitro groups is 1. The van der Waals surface area contributed by atoms with Gasteiger partial charge < -0.3 is 10.2 Å². The van der Waals surface area contributed by atoms with Crippen LogP contribution in [0.15, 0.2) is 35.7 Å². The molecule has 1 aromatic carbocycles. The zero-order valence-electron chi connectivity index (χ0n) is 14.1. The van der Waals surface area contributed by atoms with E-state index in [9.17, 15) is 23.3 Å². The van der Waals surface area contributed by atoms with Crippen LogP contribution in [0.3, 0.4) is 0 Å². The maximum Gasteiger partial charge on any atom is 0.270 e. The number of carbonyl (C=O) groups is 1. The van der Waals surface area contributed by atoms with Crippen molar-refractivity contribution in [2.45, 2.75) is 4.90 Å². The summed E-state index contributed by atoms with van der Waals surface area (Å²) in [6.45, 7) is 6.20. The third-order valence-corrected chi connectivity index (χ3v) is 4.92. The zero-order chi connectivity index (χ0) is 19.3. The molecule has 0 radical (unpaired) electrons. The molecule has 2 rings (SSSR count). The Balaban J connectivity index is 2.10. The maximum atomic E-state index is 11.8. The smallest absolute Gasteiger partial charge is 0.270 e. The van der Waals surface area contributed by atoms with Gasteiger partial charge in [0.2, 0.25) is 15.9 Å². The number of nitrogens with one attached hydrogen (secondary N) is 1. The van der Waals surface area contributed by atoms with Gasteiger partial charge in [0.15, 0.2) is 0 Å². The first kappa shape index (κ1) is 19.8. The highest BCUT2D eigenvalue weighted by molar-refractivity contribution is 7.89. The quantitative estimate of drug-likeness (QED) is 0.373. The average molecular weight is 383 g/mol. The fourth-order valence-corrected chi connectivity index (χ4v) is 3.47. The minimum absolute atomic E-state index is 0.112. The van der Waals surface area contributed by atoms with E-state index in [1.165, 1.54) is 12.1 Å². The van der Waals surface area contributed by atoms with Gasteiger partial charge in [-0.05, 0) is 6.07 Å². The molecule has 0 aromatic heterocycles. The highest BCUT2D eigenvalue weighted by atomic mass is 32.2. The summed E-state index contributed by atoms with van der Waals surface area (Å²) in [4.78, 5) is 25.4. The Morgan fingerprint density at radius 3 is 2.54 bits per heavy atom. The number of nitrogens with zero attached hydrogens (tertiary/aromatic N) is 3. The molecule has 1 aliphatic heterocycles. The van der Waals surface area contributed by atoms with Crippen LogP contribution < -0.4 is 15.4 Å². The summed E-state index contributed by atoms with van der Waals surface area (Å²) in [5.74, 6) is -0.112. The Bertz CT molecular complexity index is 803. The van der Waals surface area contributed by atoms with E-state index >= 15 is 0 Å². The molecular formula is C15H21N5O5S. The molecule has 1 heterocycles. The molecule has 1 saturated heterocycles. The van der Waals surface area contributed by atoms with Crippen LogP contribution in [-0.4, -0.2) is 63.4 Å². The summed E-state index contributed by atoms with van der Waals surface area (Å²) >= 11 is 0. The van der Waals surface area contributed by atoms with Gasteiger partial charge in [-0.2, -0.15) is 0 Å². The van der Waals surface area contributed by atoms with E-state index in [1.54, 1.807) is 11.0 Å². The summed E-state index contributed by atoms with van der Waals surface area (Å²) < 4.78 is 23.7. The van der Waals surface area contributed by atoms with Crippen molar-refractivity contribution in [2.24, 2.45) is 5.14 Å². The molecule has 0 aliphatic carbocycles. The second-order valence-electron chi connectivity index (χ2n) is 5.81. The van der Waals surface area contributed by atoms with Crippen molar-refractivity contribution in [3.05, 3.63) is 41.0 Å². The first-order valence-corrected chi connectivity index (χ1v) is 9.43. The number of hydrogen-bond donors (Lipinski definition) is 2. The third kappa shape index (κ3) is 5.00. The standard InChI is InChI=1S/C15H21N5O5S/c1-2-5-17-15(21)11-18-6-8-19(9-7-18)13-4-3-12(20(22)23)10-14(13)26(16,24)25/h2-4,10H,1,5-9,11H2,(H,17,21)(H2,16,24,25). The minimum Gasteiger partial charge on any atom is -0.368 e. The van der Waals surface area contributed by atoms with Gasteiger partial charge in [-0.25, -0.2) is 13.6 Å². The first-order chi connectivity index (χ1) is 12.2. The largest absolute Gasteiger partial charge is 0.368 e. The second kappa shape index (κ2) is 8.25. The number of sulfonamides is 1. The van der Waals surface area contributed by atoms with Gasteiger partial charge in [0.05, 0.1) is 17.2 Å². The summed E-state index contributed by atoms with van der Waals surface area (Å²) in [5, 5.41) is 18.8. The Hall–Kier alpha value is -2.50. The fourth-order valence-electron chi connectivity index (χ4n) is 2.70. The van der Waals surface area contributed by atoms with Crippen LogP contribution in [0.5, 0.6) is 0 Å². The van der Waals surface area contributed by atoms with Crippen LogP contribution in [0.4, 0.5) is 11.4 Å². The topological polar surface area (TPSA) is 139 Å². The fraction of sp³-hybridized carbons (Fsp3) is 0.400. The molecule has 0 saturated carbocycles. The zero-order valence-corrected chi connectivity index (χ0v) is 14.9. The molecular weight excluding hydrogens is 362 g/mol. The van der Waals surface area contributed by atoms with E-state index in [4.69, 9.17) is 5.14 Å². The van der Waals surface area contributed by atoms with Gasteiger partial charge in [-0.1, -0.05) is 6.08 Å². The number of carbonyl (C=O) groups excluding carboxylic acids is 1. The van der Waals surface area contributed by atoms with Crippen LogP contribution in [0.25, 0.3) is 0 Å². The number of hydrogen-bond acceptors (Lipinski definition) is 7. The summed E-state index contributed by atoms with van der Waals surface area (Å²) in [7, 11) is -4.11. The van der Waals surface area contributed by atoms with Gasteiger partial charge in [-0.3, -0.25) is 19.8 Å². The molecule has 1 amide bonds. The number of nitrogens with two attached hydrogens (primary N) is 1. The van der Waals surface area contributed by atoms with Crippen molar-refractivity contribution in [2.75, 3.05) is 44.2 Å². The van der Waals surface area contributed by atoms with E-state index in [-0.39, 0.29) is 23.0 Å². The monoisotopic (exact) mass is 383 g/mol. The molecule has 0 spiro atoms. The molecule has 0 atom stereocenters. The lowest BCUT2D eigenvalue weighted by molar-refractivity contribution is -0.385. The lowest BCUT2D eigenvalue weighted by atomic mass is 10.2. The predicted molar refractivity (Wildman–Crippen MR) is 96.3 cm³/mol. The maximum absolute atomic E-state index is 11.8.